The van der Waals surface area contributed by atoms with Gasteiger partial charge >= 0.3 is 0 Å². The van der Waals surface area contributed by atoms with Crippen molar-refractivity contribution in [2.24, 2.45) is 0 Å². The number of carbonyl (C=O) groups is 1. The summed E-state index contributed by atoms with van der Waals surface area (Å²) in [6.07, 6.45) is 0. The van der Waals surface area contributed by atoms with Crippen LogP contribution in [0.3, 0.4) is 0 Å². The predicted molar refractivity (Wildman–Crippen MR) is 125 cm³/mol. The summed E-state index contributed by atoms with van der Waals surface area (Å²) in [5.41, 5.74) is 2.96. The molecule has 0 radical (unpaired) electrons. The van der Waals surface area contributed by atoms with Gasteiger partial charge in [-0.2, -0.15) is 0 Å². The summed E-state index contributed by atoms with van der Waals surface area (Å²) in [5, 5.41) is 0.791. The molecule has 160 valence electrons. The maximum absolute atomic E-state index is 13.6. The molecule has 1 aliphatic rings. The van der Waals surface area contributed by atoms with E-state index in [0.717, 1.165) is 11.1 Å². The van der Waals surface area contributed by atoms with Crippen LogP contribution in [0.2, 0.25) is 5.02 Å². The Bertz CT molecular complexity index is 1390. The number of nitrogens with zero attached hydrogens (tertiary/aromatic N) is 1. The fraction of sp³-hybridized carbons (Fsp3) is 0.154. The summed E-state index contributed by atoms with van der Waals surface area (Å²) < 4.78 is 11.5. The first-order valence-electron chi connectivity index (χ1n) is 10.4. The number of fused-ring (bicyclic) bond motifs is 2. The van der Waals surface area contributed by atoms with E-state index < -0.39 is 6.04 Å². The van der Waals surface area contributed by atoms with Crippen LogP contribution in [0.1, 0.15) is 40.2 Å². The second-order valence-corrected chi connectivity index (χ2v) is 8.17. The number of aryl methyl sites for hydroxylation is 1. The molecule has 32 heavy (non-hydrogen) atoms. The monoisotopic (exact) mass is 445 g/mol. The molecule has 2 heterocycles. The number of rotatable bonds is 4. The summed E-state index contributed by atoms with van der Waals surface area (Å²) in [7, 11) is 0. The van der Waals surface area contributed by atoms with E-state index in [1.165, 1.54) is 0 Å². The van der Waals surface area contributed by atoms with E-state index in [1.54, 1.807) is 23.1 Å². The Morgan fingerprint density at radius 2 is 1.72 bits per heavy atom. The third-order valence-corrected chi connectivity index (χ3v) is 5.89. The molecule has 0 N–H and O–H groups in total. The van der Waals surface area contributed by atoms with Crippen LogP contribution >= 0.6 is 11.6 Å². The minimum Gasteiger partial charge on any atom is -0.494 e. The highest BCUT2D eigenvalue weighted by molar-refractivity contribution is 6.31. The molecule has 3 aromatic carbocycles. The van der Waals surface area contributed by atoms with Crippen molar-refractivity contribution in [1.82, 2.24) is 0 Å². The van der Waals surface area contributed by atoms with Crippen LogP contribution in [-0.2, 0) is 0 Å². The van der Waals surface area contributed by atoms with Gasteiger partial charge in [-0.25, -0.2) is 0 Å². The molecule has 1 aliphatic heterocycles. The minimum absolute atomic E-state index is 0.0595. The van der Waals surface area contributed by atoms with E-state index in [9.17, 15) is 9.59 Å². The van der Waals surface area contributed by atoms with E-state index >= 15 is 0 Å². The molecule has 0 saturated heterocycles. The van der Waals surface area contributed by atoms with Gasteiger partial charge in [0.15, 0.2) is 5.43 Å². The quantitative estimate of drug-likeness (QED) is 0.392. The number of hydrogen-bond acceptors (Lipinski definition) is 4. The van der Waals surface area contributed by atoms with Crippen molar-refractivity contribution < 1.29 is 13.9 Å². The Morgan fingerprint density at radius 1 is 1.00 bits per heavy atom. The predicted octanol–water partition coefficient (Wildman–Crippen LogP) is 5.90. The van der Waals surface area contributed by atoms with Gasteiger partial charge in [0.2, 0.25) is 5.76 Å². The van der Waals surface area contributed by atoms with Gasteiger partial charge in [0, 0.05) is 10.7 Å². The Kier molecular flexibility index (Phi) is 4.98. The topological polar surface area (TPSA) is 59.8 Å². The van der Waals surface area contributed by atoms with Gasteiger partial charge < -0.3 is 9.15 Å². The molecule has 0 bridgehead atoms. The summed E-state index contributed by atoms with van der Waals surface area (Å²) >= 11 is 6.14. The third kappa shape index (κ3) is 3.26. The number of halogens is 1. The highest BCUT2D eigenvalue weighted by atomic mass is 35.5. The fourth-order valence-corrected chi connectivity index (χ4v) is 4.32. The molecule has 1 atom stereocenters. The zero-order chi connectivity index (χ0) is 22.4. The Morgan fingerprint density at radius 3 is 2.41 bits per heavy atom. The maximum Gasteiger partial charge on any atom is 0.295 e. The number of anilines is 1. The second-order valence-electron chi connectivity index (χ2n) is 7.73. The highest BCUT2D eigenvalue weighted by Crippen LogP contribution is 2.41. The number of ether oxygens (including phenoxy) is 1. The number of carbonyl (C=O) groups excluding carboxylic acids is 1. The van der Waals surface area contributed by atoms with Gasteiger partial charge in [-0.05, 0) is 61.9 Å². The molecule has 1 aromatic heterocycles. The molecule has 4 aromatic rings. The van der Waals surface area contributed by atoms with Crippen LogP contribution in [0, 0.1) is 6.92 Å². The molecule has 1 amide bonds. The first kappa shape index (κ1) is 20.3. The largest absolute Gasteiger partial charge is 0.494 e. The van der Waals surface area contributed by atoms with E-state index in [4.69, 9.17) is 20.8 Å². The van der Waals surface area contributed by atoms with E-state index in [-0.39, 0.29) is 17.1 Å². The molecule has 5 nitrogen and oxygen atoms in total. The summed E-state index contributed by atoms with van der Waals surface area (Å²) in [6.45, 7) is 4.45. The van der Waals surface area contributed by atoms with Crippen LogP contribution in [0.5, 0.6) is 5.75 Å². The maximum atomic E-state index is 13.6. The smallest absolute Gasteiger partial charge is 0.295 e. The molecule has 0 spiro atoms. The van der Waals surface area contributed by atoms with Gasteiger partial charge in [-0.3, -0.25) is 14.5 Å². The van der Waals surface area contributed by atoms with Crippen LogP contribution in [0.25, 0.3) is 11.0 Å². The van der Waals surface area contributed by atoms with Crippen molar-refractivity contribution >= 4 is 34.2 Å². The number of benzene rings is 3. The van der Waals surface area contributed by atoms with Crippen molar-refractivity contribution in [3.8, 4) is 5.75 Å². The van der Waals surface area contributed by atoms with E-state index in [0.29, 0.717) is 39.6 Å². The molecular weight excluding hydrogens is 426 g/mol. The summed E-state index contributed by atoms with van der Waals surface area (Å²) in [5.74, 6) is 0.412. The van der Waals surface area contributed by atoms with E-state index in [2.05, 4.69) is 0 Å². The molecule has 5 rings (SSSR count). The second kappa shape index (κ2) is 7.84. The van der Waals surface area contributed by atoms with Crippen molar-refractivity contribution in [3.63, 3.8) is 0 Å². The molecule has 0 fully saturated rings. The average Bonchev–Trinajstić information content (AvgIpc) is 3.08. The Hall–Kier alpha value is -3.57. The van der Waals surface area contributed by atoms with Crippen molar-refractivity contribution in [2.75, 3.05) is 11.5 Å². The highest BCUT2D eigenvalue weighted by Gasteiger charge is 2.43. The van der Waals surface area contributed by atoms with E-state index in [1.807, 2.05) is 62.4 Å². The van der Waals surface area contributed by atoms with Crippen molar-refractivity contribution in [1.29, 1.82) is 0 Å². The SMILES string of the molecule is CCOc1ccc(N2C(=O)c3oc4ccc(Cl)cc4c(=O)c3C2c2ccc(C)cc2)cc1. The lowest BCUT2D eigenvalue weighted by molar-refractivity contribution is 0.0971. The zero-order valence-electron chi connectivity index (χ0n) is 17.6. The number of hydrogen-bond donors (Lipinski definition) is 0. The average molecular weight is 446 g/mol. The van der Waals surface area contributed by atoms with Crippen LogP contribution in [0.4, 0.5) is 5.69 Å². The number of amides is 1. The molecule has 6 heteroatoms. The minimum atomic E-state index is -0.615. The molecule has 1 unspecified atom stereocenters. The van der Waals surface area contributed by atoms with Gasteiger partial charge in [0.25, 0.3) is 5.91 Å². The third-order valence-electron chi connectivity index (χ3n) is 5.65. The lowest BCUT2D eigenvalue weighted by Crippen LogP contribution is -2.29. The Balaban J connectivity index is 1.75. The lowest BCUT2D eigenvalue weighted by atomic mass is 9.97. The zero-order valence-corrected chi connectivity index (χ0v) is 18.3. The summed E-state index contributed by atoms with van der Waals surface area (Å²) in [4.78, 5) is 28.7. The van der Waals surface area contributed by atoms with Crippen LogP contribution in [-0.4, -0.2) is 12.5 Å². The van der Waals surface area contributed by atoms with Crippen LogP contribution < -0.4 is 15.1 Å². The first-order chi connectivity index (χ1) is 15.5. The first-order valence-corrected chi connectivity index (χ1v) is 10.7. The van der Waals surface area contributed by atoms with Gasteiger partial charge in [-0.1, -0.05) is 41.4 Å². The standard InChI is InChI=1S/C26H20ClNO4/c1-3-31-19-11-9-18(10-12-19)28-23(16-6-4-15(2)5-7-16)22-24(29)20-14-17(27)8-13-21(20)32-25(22)26(28)30/h4-14,23H,3H2,1-2H3. The normalized spacial score (nSPS) is 15.3. The van der Waals surface area contributed by atoms with Crippen LogP contribution in [0.15, 0.2) is 75.9 Å². The molecule has 0 aliphatic carbocycles. The fourth-order valence-electron chi connectivity index (χ4n) is 4.15. The molecular formula is C26H20ClNO4. The van der Waals surface area contributed by atoms with Gasteiger partial charge in [0.05, 0.1) is 23.6 Å². The Labute approximate surface area is 189 Å². The van der Waals surface area contributed by atoms with Gasteiger partial charge in [0.1, 0.15) is 11.3 Å². The van der Waals surface area contributed by atoms with Gasteiger partial charge in [-0.15, -0.1) is 0 Å². The van der Waals surface area contributed by atoms with Crippen molar-refractivity contribution in [3.05, 3.63) is 104 Å². The van der Waals surface area contributed by atoms with Crippen molar-refractivity contribution in [2.45, 2.75) is 19.9 Å². The molecule has 0 saturated carbocycles. The summed E-state index contributed by atoms with van der Waals surface area (Å²) in [6, 6.07) is 19.3. The lowest BCUT2D eigenvalue weighted by Gasteiger charge is -2.25.